The molecule has 0 radical (unpaired) electrons. The predicted molar refractivity (Wildman–Crippen MR) is 96.8 cm³/mol. The second-order valence-electron chi connectivity index (χ2n) is 5.37. The Bertz CT molecular complexity index is 793. The maximum absolute atomic E-state index is 5.74. The Morgan fingerprint density at radius 2 is 1.91 bits per heavy atom. The van der Waals surface area contributed by atoms with E-state index in [1.165, 1.54) is 5.56 Å². The van der Waals surface area contributed by atoms with E-state index in [0.717, 1.165) is 33.1 Å². The first-order valence-corrected chi connectivity index (χ1v) is 8.58. The van der Waals surface area contributed by atoms with Crippen LogP contribution in [0.4, 0.5) is 0 Å². The van der Waals surface area contributed by atoms with Crippen LogP contribution in [0, 0.1) is 6.92 Å². The second-order valence-corrected chi connectivity index (χ2v) is 6.23. The molecule has 0 saturated heterocycles. The molecule has 3 rings (SSSR count). The second kappa shape index (κ2) is 6.94. The largest absolute Gasteiger partial charge is 0.493 e. The van der Waals surface area contributed by atoms with Crippen LogP contribution in [0.15, 0.2) is 47.8 Å². The minimum absolute atomic E-state index is 0.560. The molecule has 2 aromatic carbocycles. The van der Waals surface area contributed by atoms with Gasteiger partial charge in [-0.1, -0.05) is 35.9 Å². The highest BCUT2D eigenvalue weighted by molar-refractivity contribution is 7.13. The maximum Gasteiger partial charge on any atom is 0.128 e. The van der Waals surface area contributed by atoms with E-state index in [-0.39, 0.29) is 0 Å². The number of benzene rings is 2. The molecule has 0 amide bonds. The molecule has 118 valence electrons. The molecule has 3 aromatic rings. The monoisotopic (exact) mass is 324 g/mol. The van der Waals surface area contributed by atoms with Crippen molar-refractivity contribution in [2.24, 2.45) is 5.73 Å². The Kier molecular flexibility index (Phi) is 4.74. The maximum atomic E-state index is 5.74. The van der Waals surface area contributed by atoms with Gasteiger partial charge in [0.05, 0.1) is 12.3 Å². The van der Waals surface area contributed by atoms with Crippen molar-refractivity contribution in [1.29, 1.82) is 0 Å². The SMILES string of the molecule is CCOc1ccc(C)cc1-c1csc(-c2ccc(CN)cc2)n1. The van der Waals surface area contributed by atoms with Crippen LogP contribution in [0.5, 0.6) is 5.75 Å². The van der Waals surface area contributed by atoms with Crippen LogP contribution < -0.4 is 10.5 Å². The number of hydrogen-bond acceptors (Lipinski definition) is 4. The Morgan fingerprint density at radius 3 is 2.61 bits per heavy atom. The van der Waals surface area contributed by atoms with E-state index in [9.17, 15) is 0 Å². The lowest BCUT2D eigenvalue weighted by Gasteiger charge is -2.09. The fraction of sp³-hybridized carbons (Fsp3) is 0.211. The third kappa shape index (κ3) is 3.44. The van der Waals surface area contributed by atoms with Crippen LogP contribution in [0.2, 0.25) is 0 Å². The fourth-order valence-corrected chi connectivity index (χ4v) is 3.26. The van der Waals surface area contributed by atoms with Gasteiger partial charge in [-0.15, -0.1) is 11.3 Å². The van der Waals surface area contributed by atoms with Crippen molar-refractivity contribution in [1.82, 2.24) is 4.98 Å². The first-order valence-electron chi connectivity index (χ1n) is 7.70. The molecule has 1 aromatic heterocycles. The van der Waals surface area contributed by atoms with Crippen molar-refractivity contribution < 1.29 is 4.74 Å². The van der Waals surface area contributed by atoms with Crippen LogP contribution in [0.25, 0.3) is 21.8 Å². The Hall–Kier alpha value is -2.17. The summed E-state index contributed by atoms with van der Waals surface area (Å²) in [5.41, 5.74) is 11.1. The first-order chi connectivity index (χ1) is 11.2. The first kappa shape index (κ1) is 15.7. The molecule has 0 saturated carbocycles. The topological polar surface area (TPSA) is 48.1 Å². The number of nitrogens with two attached hydrogens (primary N) is 1. The third-order valence-corrected chi connectivity index (χ3v) is 4.54. The van der Waals surface area contributed by atoms with Gasteiger partial charge in [0, 0.05) is 23.1 Å². The lowest BCUT2D eigenvalue weighted by molar-refractivity contribution is 0.341. The highest BCUT2D eigenvalue weighted by atomic mass is 32.1. The zero-order valence-electron chi connectivity index (χ0n) is 13.4. The smallest absolute Gasteiger partial charge is 0.128 e. The Balaban J connectivity index is 1.96. The molecule has 4 heteroatoms. The summed E-state index contributed by atoms with van der Waals surface area (Å²) >= 11 is 1.65. The van der Waals surface area contributed by atoms with Crippen molar-refractivity contribution in [3.05, 3.63) is 59.0 Å². The molecular formula is C19H20N2OS. The van der Waals surface area contributed by atoms with Gasteiger partial charge >= 0.3 is 0 Å². The summed E-state index contributed by atoms with van der Waals surface area (Å²) in [4.78, 5) is 4.80. The highest BCUT2D eigenvalue weighted by Crippen LogP contribution is 2.34. The van der Waals surface area contributed by atoms with Crippen molar-refractivity contribution in [3.63, 3.8) is 0 Å². The Morgan fingerprint density at radius 1 is 1.13 bits per heavy atom. The van der Waals surface area contributed by atoms with E-state index in [0.29, 0.717) is 13.2 Å². The van der Waals surface area contributed by atoms with E-state index < -0.39 is 0 Å². The number of rotatable bonds is 5. The normalized spacial score (nSPS) is 10.7. The average molecular weight is 324 g/mol. The molecule has 0 aliphatic rings. The van der Waals surface area contributed by atoms with Crippen LogP contribution in [0.3, 0.4) is 0 Å². The fourth-order valence-electron chi connectivity index (χ4n) is 2.44. The zero-order chi connectivity index (χ0) is 16.2. The van der Waals surface area contributed by atoms with E-state index in [1.54, 1.807) is 11.3 Å². The highest BCUT2D eigenvalue weighted by Gasteiger charge is 2.11. The van der Waals surface area contributed by atoms with E-state index in [1.807, 2.05) is 13.0 Å². The van der Waals surface area contributed by atoms with E-state index >= 15 is 0 Å². The molecule has 0 aliphatic heterocycles. The van der Waals surface area contributed by atoms with Gasteiger partial charge < -0.3 is 10.5 Å². The van der Waals surface area contributed by atoms with E-state index in [4.69, 9.17) is 15.5 Å². The molecule has 3 nitrogen and oxygen atoms in total. The summed E-state index contributed by atoms with van der Waals surface area (Å²) in [5.74, 6) is 0.883. The summed E-state index contributed by atoms with van der Waals surface area (Å²) in [6.45, 7) is 5.28. The van der Waals surface area contributed by atoms with Gasteiger partial charge in [-0.2, -0.15) is 0 Å². The van der Waals surface area contributed by atoms with Crippen molar-refractivity contribution in [3.8, 4) is 27.6 Å². The molecule has 0 aliphatic carbocycles. The van der Waals surface area contributed by atoms with Gasteiger partial charge in [0.1, 0.15) is 10.8 Å². The summed E-state index contributed by atoms with van der Waals surface area (Å²) in [5, 5.41) is 3.09. The van der Waals surface area contributed by atoms with Crippen molar-refractivity contribution >= 4 is 11.3 Å². The lowest BCUT2D eigenvalue weighted by atomic mass is 10.1. The molecule has 0 unspecified atom stereocenters. The van der Waals surface area contributed by atoms with E-state index in [2.05, 4.69) is 48.7 Å². The minimum Gasteiger partial charge on any atom is -0.493 e. The molecule has 1 heterocycles. The third-order valence-electron chi connectivity index (χ3n) is 3.65. The number of aryl methyl sites for hydroxylation is 1. The number of aromatic nitrogens is 1. The standard InChI is InChI=1S/C19H20N2OS/c1-3-22-18-9-4-13(2)10-16(18)17-12-23-19(21-17)15-7-5-14(11-20)6-8-15/h4-10,12H,3,11,20H2,1-2H3. The van der Waals surface area contributed by atoms with Gasteiger partial charge in [-0.25, -0.2) is 4.98 Å². The minimum atomic E-state index is 0.560. The van der Waals surface area contributed by atoms with Gasteiger partial charge in [-0.05, 0) is 31.5 Å². The molecular weight excluding hydrogens is 304 g/mol. The number of thiazole rings is 1. The predicted octanol–water partition coefficient (Wildman–Crippen LogP) is 4.64. The Labute approximate surface area is 140 Å². The summed E-state index contributed by atoms with van der Waals surface area (Å²) in [6.07, 6.45) is 0. The average Bonchev–Trinajstić information content (AvgIpc) is 3.06. The molecule has 23 heavy (non-hydrogen) atoms. The molecule has 0 spiro atoms. The summed E-state index contributed by atoms with van der Waals surface area (Å²) in [6, 6.07) is 14.5. The zero-order valence-corrected chi connectivity index (χ0v) is 14.2. The number of ether oxygens (including phenoxy) is 1. The molecule has 2 N–H and O–H groups in total. The van der Waals surface area contributed by atoms with Crippen LogP contribution in [-0.4, -0.2) is 11.6 Å². The van der Waals surface area contributed by atoms with Crippen molar-refractivity contribution in [2.45, 2.75) is 20.4 Å². The van der Waals surface area contributed by atoms with Crippen LogP contribution >= 0.6 is 11.3 Å². The quantitative estimate of drug-likeness (QED) is 0.743. The van der Waals surface area contributed by atoms with Crippen molar-refractivity contribution in [2.75, 3.05) is 6.61 Å². The molecule has 0 bridgehead atoms. The number of hydrogen-bond donors (Lipinski definition) is 1. The number of nitrogens with zero attached hydrogens (tertiary/aromatic N) is 1. The van der Waals surface area contributed by atoms with Crippen LogP contribution in [-0.2, 0) is 6.54 Å². The summed E-state index contributed by atoms with van der Waals surface area (Å²) in [7, 11) is 0. The lowest BCUT2D eigenvalue weighted by Crippen LogP contribution is -1.95. The molecule has 0 atom stereocenters. The van der Waals surface area contributed by atoms with Gasteiger partial charge in [-0.3, -0.25) is 0 Å². The van der Waals surface area contributed by atoms with Gasteiger partial charge in [0.2, 0.25) is 0 Å². The van der Waals surface area contributed by atoms with Gasteiger partial charge in [0.15, 0.2) is 0 Å². The molecule has 0 fully saturated rings. The summed E-state index contributed by atoms with van der Waals surface area (Å²) < 4.78 is 5.74. The van der Waals surface area contributed by atoms with Crippen LogP contribution in [0.1, 0.15) is 18.1 Å². The van der Waals surface area contributed by atoms with Gasteiger partial charge in [0.25, 0.3) is 0 Å².